The summed E-state index contributed by atoms with van der Waals surface area (Å²) in [7, 11) is 0. The molecule has 1 aromatic carbocycles. The molecule has 2 aromatic heterocycles. The molecule has 1 aliphatic rings. The summed E-state index contributed by atoms with van der Waals surface area (Å²) in [6.45, 7) is 5.98. The third-order valence-corrected chi connectivity index (χ3v) is 5.46. The topological polar surface area (TPSA) is 37.6 Å². The largest absolute Gasteiger partial charge is 0.343 e. The predicted molar refractivity (Wildman–Crippen MR) is 103 cm³/mol. The monoisotopic (exact) mass is 347 g/mol. The van der Waals surface area contributed by atoms with Crippen molar-refractivity contribution in [2.45, 2.75) is 39.0 Å². The van der Waals surface area contributed by atoms with E-state index in [1.807, 2.05) is 11.1 Å². The van der Waals surface area contributed by atoms with Crippen molar-refractivity contribution in [3.63, 3.8) is 0 Å². The van der Waals surface area contributed by atoms with Gasteiger partial charge in [0.25, 0.3) is 0 Å². The minimum atomic E-state index is 0.0157. The van der Waals surface area contributed by atoms with Gasteiger partial charge in [0.2, 0.25) is 5.91 Å². The Morgan fingerprint density at radius 1 is 1.15 bits per heavy atom. The molecule has 1 saturated heterocycles. The molecule has 1 atom stereocenters. The number of carbonyl (C=O) groups excluding carboxylic acids is 1. The second-order valence-corrected chi connectivity index (χ2v) is 7.32. The third kappa shape index (κ3) is 3.12. The highest BCUT2D eigenvalue weighted by Crippen LogP contribution is 2.32. The molecule has 1 aliphatic heterocycles. The number of rotatable bonds is 4. The maximum atomic E-state index is 12.9. The van der Waals surface area contributed by atoms with Crippen molar-refractivity contribution < 1.29 is 4.79 Å². The lowest BCUT2D eigenvalue weighted by Crippen LogP contribution is -2.29. The number of aromatic nitrogens is 2. The number of imidazole rings is 1. The van der Waals surface area contributed by atoms with Crippen molar-refractivity contribution in [1.29, 1.82) is 0 Å². The van der Waals surface area contributed by atoms with E-state index in [4.69, 9.17) is 0 Å². The van der Waals surface area contributed by atoms with Gasteiger partial charge in [0, 0.05) is 37.8 Å². The molecule has 4 heteroatoms. The standard InChI is InChI=1S/C22H25N3O/c1-16-9-12-25-20(15-23-21(25)13-16)19(18-8-4-3-7-17(18)2)14-22(26)24-10-5-6-11-24/h3-4,7-9,12-13,15,19H,5-6,10-11,14H2,1-2H3/t19-/m1/s1. The quantitative estimate of drug-likeness (QED) is 0.713. The van der Waals surface area contributed by atoms with Gasteiger partial charge < -0.3 is 9.30 Å². The van der Waals surface area contributed by atoms with Crippen LogP contribution in [0.25, 0.3) is 5.65 Å². The van der Waals surface area contributed by atoms with Crippen molar-refractivity contribution >= 4 is 11.6 Å². The molecule has 0 spiro atoms. The number of benzene rings is 1. The lowest BCUT2D eigenvalue weighted by atomic mass is 9.89. The van der Waals surface area contributed by atoms with Crippen LogP contribution in [0.3, 0.4) is 0 Å². The molecular formula is C22H25N3O. The Balaban J connectivity index is 1.76. The number of pyridine rings is 1. The summed E-state index contributed by atoms with van der Waals surface area (Å²) in [6, 6.07) is 12.6. The van der Waals surface area contributed by atoms with Crippen molar-refractivity contribution in [3.8, 4) is 0 Å². The van der Waals surface area contributed by atoms with Gasteiger partial charge in [-0.25, -0.2) is 4.98 Å². The number of aryl methyl sites for hydroxylation is 2. The fraction of sp³-hybridized carbons (Fsp3) is 0.364. The van der Waals surface area contributed by atoms with Crippen molar-refractivity contribution in [2.24, 2.45) is 0 Å². The molecule has 1 amide bonds. The van der Waals surface area contributed by atoms with Crippen LogP contribution in [0.15, 0.2) is 48.8 Å². The van der Waals surface area contributed by atoms with E-state index in [2.05, 4.69) is 65.8 Å². The average molecular weight is 347 g/mol. The number of likely N-dealkylation sites (tertiary alicyclic amines) is 1. The van der Waals surface area contributed by atoms with Gasteiger partial charge in [-0.2, -0.15) is 0 Å². The van der Waals surface area contributed by atoms with Crippen LogP contribution in [0.2, 0.25) is 0 Å². The summed E-state index contributed by atoms with van der Waals surface area (Å²) >= 11 is 0. The third-order valence-electron chi connectivity index (χ3n) is 5.46. The first-order valence-corrected chi connectivity index (χ1v) is 9.40. The van der Waals surface area contributed by atoms with Crippen LogP contribution in [0.4, 0.5) is 0 Å². The van der Waals surface area contributed by atoms with Gasteiger partial charge in [0.15, 0.2) is 0 Å². The van der Waals surface area contributed by atoms with Gasteiger partial charge in [-0.05, 0) is 55.5 Å². The van der Waals surface area contributed by atoms with Gasteiger partial charge in [-0.15, -0.1) is 0 Å². The molecule has 0 unspecified atom stereocenters. The first kappa shape index (κ1) is 16.8. The fourth-order valence-corrected chi connectivity index (χ4v) is 3.98. The predicted octanol–water partition coefficient (Wildman–Crippen LogP) is 4.10. The normalized spacial score (nSPS) is 15.5. The second-order valence-electron chi connectivity index (χ2n) is 7.32. The van der Waals surface area contributed by atoms with E-state index in [0.717, 1.165) is 37.3 Å². The molecule has 1 fully saturated rings. The van der Waals surface area contributed by atoms with Gasteiger partial charge in [-0.3, -0.25) is 4.79 Å². The summed E-state index contributed by atoms with van der Waals surface area (Å²) in [6.07, 6.45) is 6.74. The van der Waals surface area contributed by atoms with Gasteiger partial charge in [-0.1, -0.05) is 24.3 Å². The van der Waals surface area contributed by atoms with Crippen LogP contribution in [-0.4, -0.2) is 33.3 Å². The lowest BCUT2D eigenvalue weighted by molar-refractivity contribution is -0.130. The van der Waals surface area contributed by atoms with E-state index in [-0.39, 0.29) is 11.8 Å². The van der Waals surface area contributed by atoms with Crippen LogP contribution >= 0.6 is 0 Å². The molecule has 0 saturated carbocycles. The van der Waals surface area contributed by atoms with Crippen LogP contribution in [0, 0.1) is 13.8 Å². The zero-order valence-corrected chi connectivity index (χ0v) is 15.5. The van der Waals surface area contributed by atoms with E-state index in [9.17, 15) is 4.79 Å². The molecular weight excluding hydrogens is 322 g/mol. The van der Waals surface area contributed by atoms with Crippen molar-refractivity contribution in [2.75, 3.05) is 13.1 Å². The molecule has 0 bridgehead atoms. The SMILES string of the molecule is Cc1ccn2c([C@H](CC(=O)N3CCCC3)c3ccccc3C)cnc2c1. The highest BCUT2D eigenvalue weighted by Gasteiger charge is 2.26. The van der Waals surface area contributed by atoms with Crippen LogP contribution in [-0.2, 0) is 4.79 Å². The fourth-order valence-electron chi connectivity index (χ4n) is 3.98. The van der Waals surface area contributed by atoms with Crippen molar-refractivity contribution in [3.05, 3.63) is 71.2 Å². The van der Waals surface area contributed by atoms with Crippen LogP contribution < -0.4 is 0 Å². The first-order chi connectivity index (χ1) is 12.6. The van der Waals surface area contributed by atoms with E-state index in [1.165, 1.54) is 16.7 Å². The van der Waals surface area contributed by atoms with E-state index in [1.54, 1.807) is 0 Å². The van der Waals surface area contributed by atoms with E-state index in [0.29, 0.717) is 6.42 Å². The highest BCUT2D eigenvalue weighted by atomic mass is 16.2. The Hall–Kier alpha value is -2.62. The number of amides is 1. The highest BCUT2D eigenvalue weighted by molar-refractivity contribution is 5.78. The average Bonchev–Trinajstić information content (AvgIpc) is 3.30. The number of fused-ring (bicyclic) bond motifs is 1. The molecule has 26 heavy (non-hydrogen) atoms. The minimum Gasteiger partial charge on any atom is -0.343 e. The molecule has 134 valence electrons. The number of carbonyl (C=O) groups is 1. The number of hydrogen-bond donors (Lipinski definition) is 0. The Morgan fingerprint density at radius 2 is 1.92 bits per heavy atom. The Bertz CT molecular complexity index is 937. The Morgan fingerprint density at radius 3 is 2.69 bits per heavy atom. The van der Waals surface area contributed by atoms with E-state index >= 15 is 0 Å². The van der Waals surface area contributed by atoms with E-state index < -0.39 is 0 Å². The summed E-state index contributed by atoms with van der Waals surface area (Å²) in [5, 5.41) is 0. The summed E-state index contributed by atoms with van der Waals surface area (Å²) in [4.78, 5) is 19.5. The Kier molecular flexibility index (Phi) is 4.49. The maximum absolute atomic E-state index is 12.9. The molecule has 0 radical (unpaired) electrons. The van der Waals surface area contributed by atoms with Crippen molar-refractivity contribution in [1.82, 2.24) is 14.3 Å². The first-order valence-electron chi connectivity index (χ1n) is 9.40. The Labute approximate surface area is 154 Å². The van der Waals surface area contributed by atoms with Crippen LogP contribution in [0.1, 0.15) is 47.6 Å². The zero-order chi connectivity index (χ0) is 18.1. The summed E-state index contributed by atoms with van der Waals surface area (Å²) in [5.41, 5.74) is 5.64. The number of hydrogen-bond acceptors (Lipinski definition) is 2. The number of nitrogens with zero attached hydrogens (tertiary/aromatic N) is 3. The second kappa shape index (κ2) is 6.94. The summed E-state index contributed by atoms with van der Waals surface area (Å²) in [5.74, 6) is 0.264. The summed E-state index contributed by atoms with van der Waals surface area (Å²) < 4.78 is 2.13. The van der Waals surface area contributed by atoms with Gasteiger partial charge in [0.1, 0.15) is 5.65 Å². The van der Waals surface area contributed by atoms with Crippen LogP contribution in [0.5, 0.6) is 0 Å². The van der Waals surface area contributed by atoms with Gasteiger partial charge in [0.05, 0.1) is 5.69 Å². The maximum Gasteiger partial charge on any atom is 0.223 e. The lowest BCUT2D eigenvalue weighted by Gasteiger charge is -2.22. The zero-order valence-electron chi connectivity index (χ0n) is 15.5. The molecule has 0 N–H and O–H groups in total. The molecule has 4 nitrogen and oxygen atoms in total. The van der Waals surface area contributed by atoms with Gasteiger partial charge >= 0.3 is 0 Å². The minimum absolute atomic E-state index is 0.0157. The molecule has 3 heterocycles. The molecule has 4 rings (SSSR count). The molecule has 3 aromatic rings. The molecule has 0 aliphatic carbocycles. The smallest absolute Gasteiger partial charge is 0.223 e.